The molecule has 2 rings (SSSR count). The van der Waals surface area contributed by atoms with E-state index in [9.17, 15) is 17.6 Å². The summed E-state index contributed by atoms with van der Waals surface area (Å²) in [6, 6.07) is 3.48. The van der Waals surface area contributed by atoms with Crippen LogP contribution in [0.3, 0.4) is 0 Å². The lowest BCUT2D eigenvalue weighted by molar-refractivity contribution is -0.153. The van der Waals surface area contributed by atoms with Crippen molar-refractivity contribution in [3.05, 3.63) is 29.6 Å². The minimum atomic E-state index is -4.41. The summed E-state index contributed by atoms with van der Waals surface area (Å²) < 4.78 is 53.8. The van der Waals surface area contributed by atoms with Crippen molar-refractivity contribution < 1.29 is 22.3 Å². The van der Waals surface area contributed by atoms with Crippen molar-refractivity contribution >= 4 is 0 Å². The monoisotopic (exact) mass is 249 g/mol. The van der Waals surface area contributed by atoms with E-state index in [0.29, 0.717) is 12.8 Å². The van der Waals surface area contributed by atoms with Crippen LogP contribution in [-0.2, 0) is 5.54 Å². The Morgan fingerprint density at radius 1 is 1.29 bits per heavy atom. The molecule has 6 heteroatoms. The molecular formula is C11H11F4NO. The number of benzene rings is 1. The minimum Gasteiger partial charge on any atom is -0.484 e. The Morgan fingerprint density at radius 2 is 1.94 bits per heavy atom. The summed E-state index contributed by atoms with van der Waals surface area (Å²) in [5.41, 5.74) is 5.29. The highest BCUT2D eigenvalue weighted by Crippen LogP contribution is 2.44. The van der Waals surface area contributed by atoms with Gasteiger partial charge in [0, 0.05) is 11.1 Å². The fraction of sp³-hybridized carbons (Fsp3) is 0.455. The molecule has 1 aliphatic rings. The molecule has 1 fully saturated rings. The second kappa shape index (κ2) is 3.87. The van der Waals surface area contributed by atoms with E-state index in [0.717, 1.165) is 12.1 Å². The number of halogens is 4. The normalized spacial score (nSPS) is 17.9. The third-order valence-electron chi connectivity index (χ3n) is 2.67. The fourth-order valence-corrected chi connectivity index (χ4v) is 1.54. The molecule has 0 radical (unpaired) electrons. The Bertz CT molecular complexity index is 426. The predicted octanol–water partition coefficient (Wildman–Crippen LogP) is 2.71. The van der Waals surface area contributed by atoms with E-state index in [1.54, 1.807) is 0 Å². The van der Waals surface area contributed by atoms with Crippen molar-refractivity contribution in [2.24, 2.45) is 5.73 Å². The average Bonchev–Trinajstić information content (AvgIpc) is 2.95. The van der Waals surface area contributed by atoms with Gasteiger partial charge in [-0.3, -0.25) is 0 Å². The molecule has 0 bridgehead atoms. The molecule has 0 aliphatic heterocycles. The van der Waals surface area contributed by atoms with E-state index < -0.39 is 24.1 Å². The molecule has 17 heavy (non-hydrogen) atoms. The molecule has 0 unspecified atom stereocenters. The van der Waals surface area contributed by atoms with Gasteiger partial charge in [0.1, 0.15) is 11.6 Å². The van der Waals surface area contributed by atoms with E-state index >= 15 is 0 Å². The number of alkyl halides is 3. The summed E-state index contributed by atoms with van der Waals surface area (Å²) in [6.45, 7) is -1.39. The van der Waals surface area contributed by atoms with E-state index in [1.165, 1.54) is 6.07 Å². The summed E-state index contributed by atoms with van der Waals surface area (Å²) in [5, 5.41) is 0. The first kappa shape index (κ1) is 12.2. The van der Waals surface area contributed by atoms with Gasteiger partial charge in [-0.25, -0.2) is 4.39 Å². The van der Waals surface area contributed by atoms with Crippen LogP contribution in [0.4, 0.5) is 17.6 Å². The molecule has 0 saturated heterocycles. The van der Waals surface area contributed by atoms with E-state index in [4.69, 9.17) is 5.73 Å². The lowest BCUT2D eigenvalue weighted by Gasteiger charge is -2.14. The average molecular weight is 249 g/mol. The zero-order valence-electron chi connectivity index (χ0n) is 8.85. The lowest BCUT2D eigenvalue weighted by Crippen LogP contribution is -2.22. The van der Waals surface area contributed by atoms with Gasteiger partial charge < -0.3 is 10.5 Å². The van der Waals surface area contributed by atoms with E-state index in [2.05, 4.69) is 4.74 Å². The number of hydrogen-bond acceptors (Lipinski definition) is 2. The van der Waals surface area contributed by atoms with Gasteiger partial charge >= 0.3 is 6.18 Å². The molecule has 0 spiro atoms. The molecule has 1 saturated carbocycles. The number of nitrogens with two attached hydrogens (primary N) is 1. The number of hydrogen-bond donors (Lipinski definition) is 1. The Balaban J connectivity index is 2.14. The zero-order chi connectivity index (χ0) is 12.7. The maximum absolute atomic E-state index is 13.4. The van der Waals surface area contributed by atoms with E-state index in [1.807, 2.05) is 0 Å². The quantitative estimate of drug-likeness (QED) is 0.836. The smallest absolute Gasteiger partial charge is 0.422 e. The third kappa shape index (κ3) is 2.88. The molecule has 0 amide bonds. The van der Waals surface area contributed by atoms with Crippen molar-refractivity contribution in [3.8, 4) is 5.75 Å². The van der Waals surface area contributed by atoms with Crippen LogP contribution in [0.2, 0.25) is 0 Å². The van der Waals surface area contributed by atoms with Crippen LogP contribution < -0.4 is 10.5 Å². The van der Waals surface area contributed by atoms with Gasteiger partial charge in [-0.15, -0.1) is 0 Å². The predicted molar refractivity (Wildman–Crippen MR) is 53.0 cm³/mol. The van der Waals surface area contributed by atoms with Crippen LogP contribution in [0.25, 0.3) is 0 Å². The molecule has 1 aliphatic carbocycles. The van der Waals surface area contributed by atoms with Crippen LogP contribution in [-0.4, -0.2) is 12.8 Å². The summed E-state index contributed by atoms with van der Waals surface area (Å²) in [4.78, 5) is 0. The molecule has 1 aromatic carbocycles. The maximum Gasteiger partial charge on any atom is 0.422 e. The summed E-state index contributed by atoms with van der Waals surface area (Å²) in [7, 11) is 0. The van der Waals surface area contributed by atoms with Gasteiger partial charge in [0.25, 0.3) is 0 Å². The van der Waals surface area contributed by atoms with Crippen LogP contribution in [0.15, 0.2) is 18.2 Å². The maximum atomic E-state index is 13.4. The first-order valence-electron chi connectivity index (χ1n) is 5.09. The van der Waals surface area contributed by atoms with Crippen molar-refractivity contribution in [1.29, 1.82) is 0 Å². The Morgan fingerprint density at radius 3 is 2.47 bits per heavy atom. The van der Waals surface area contributed by atoms with Gasteiger partial charge in [0.2, 0.25) is 0 Å². The fourth-order valence-electron chi connectivity index (χ4n) is 1.54. The number of ether oxygens (including phenoxy) is 1. The van der Waals surface area contributed by atoms with Crippen LogP contribution >= 0.6 is 0 Å². The summed E-state index contributed by atoms with van der Waals surface area (Å²) in [6.07, 6.45) is -3.15. The zero-order valence-corrected chi connectivity index (χ0v) is 8.85. The first-order chi connectivity index (χ1) is 7.80. The molecule has 94 valence electrons. The largest absolute Gasteiger partial charge is 0.484 e. The van der Waals surface area contributed by atoms with Gasteiger partial charge in [0.05, 0.1) is 0 Å². The summed E-state index contributed by atoms with van der Waals surface area (Å²) >= 11 is 0. The van der Waals surface area contributed by atoms with Gasteiger partial charge in [-0.2, -0.15) is 13.2 Å². The van der Waals surface area contributed by atoms with Crippen LogP contribution in [0.5, 0.6) is 5.75 Å². The highest BCUT2D eigenvalue weighted by Gasteiger charge is 2.42. The third-order valence-corrected chi connectivity index (χ3v) is 2.67. The second-order valence-corrected chi connectivity index (χ2v) is 4.20. The van der Waals surface area contributed by atoms with Crippen molar-refractivity contribution in [1.82, 2.24) is 0 Å². The topological polar surface area (TPSA) is 35.2 Å². The van der Waals surface area contributed by atoms with E-state index in [-0.39, 0.29) is 11.3 Å². The molecule has 0 aromatic heterocycles. The SMILES string of the molecule is NC1(c2cc(OCC(F)(F)F)ccc2F)CC1. The minimum absolute atomic E-state index is 0.0181. The lowest BCUT2D eigenvalue weighted by atomic mass is 10.1. The number of rotatable bonds is 3. The Hall–Kier alpha value is -1.30. The van der Waals surface area contributed by atoms with Crippen LogP contribution in [0, 0.1) is 5.82 Å². The standard InChI is InChI=1S/C11H11F4NO/c12-9-2-1-7(17-6-11(13,14)15)5-8(9)10(16)3-4-10/h1-2,5H,3-4,6,16H2. The second-order valence-electron chi connectivity index (χ2n) is 4.20. The molecule has 2 N–H and O–H groups in total. The van der Waals surface area contributed by atoms with Crippen molar-refractivity contribution in [2.75, 3.05) is 6.61 Å². The van der Waals surface area contributed by atoms with Crippen molar-refractivity contribution in [3.63, 3.8) is 0 Å². The molecule has 1 aromatic rings. The summed E-state index contributed by atoms with van der Waals surface area (Å²) in [5.74, 6) is -0.528. The molecule has 2 nitrogen and oxygen atoms in total. The molecule has 0 atom stereocenters. The van der Waals surface area contributed by atoms with Crippen LogP contribution in [0.1, 0.15) is 18.4 Å². The highest BCUT2D eigenvalue weighted by atomic mass is 19.4. The van der Waals surface area contributed by atoms with Gasteiger partial charge in [0.15, 0.2) is 6.61 Å². The molecule has 0 heterocycles. The molecular weight excluding hydrogens is 238 g/mol. The first-order valence-corrected chi connectivity index (χ1v) is 5.09. The van der Waals surface area contributed by atoms with Crippen molar-refractivity contribution in [2.45, 2.75) is 24.6 Å². The highest BCUT2D eigenvalue weighted by molar-refractivity contribution is 5.37. The Labute approximate surface area is 95.4 Å². The Kier molecular flexibility index (Phi) is 2.77. The van der Waals surface area contributed by atoms with Gasteiger partial charge in [-0.05, 0) is 31.0 Å². The van der Waals surface area contributed by atoms with Gasteiger partial charge in [-0.1, -0.05) is 0 Å².